The first-order valence-electron chi connectivity index (χ1n) is 6.76. The van der Waals surface area contributed by atoms with E-state index < -0.39 is 5.54 Å². The van der Waals surface area contributed by atoms with Crippen LogP contribution in [0.25, 0.3) is 0 Å². The lowest BCUT2D eigenvalue weighted by Crippen LogP contribution is -2.37. The maximum Gasteiger partial charge on any atom is 0.246 e. The quantitative estimate of drug-likeness (QED) is 0.878. The highest BCUT2D eigenvalue weighted by Crippen LogP contribution is 2.34. The van der Waals surface area contributed by atoms with Crippen molar-refractivity contribution >= 4 is 46.4 Å². The average Bonchev–Trinajstić information content (AvgIpc) is 3.05. The SMILES string of the molecule is Cc1ccc(Cc2cnc(NC(=O)C3(N)CC3)s2)cc1Cl.Cl. The van der Waals surface area contributed by atoms with E-state index in [1.807, 2.05) is 19.1 Å². The number of nitrogens with two attached hydrogens (primary N) is 1. The van der Waals surface area contributed by atoms with Crippen LogP contribution in [0.5, 0.6) is 0 Å². The minimum Gasteiger partial charge on any atom is -0.317 e. The van der Waals surface area contributed by atoms with Crippen molar-refractivity contribution < 1.29 is 4.79 Å². The van der Waals surface area contributed by atoms with Gasteiger partial charge in [-0.15, -0.1) is 23.7 Å². The maximum absolute atomic E-state index is 11.9. The minimum absolute atomic E-state index is 0. The Morgan fingerprint density at radius 2 is 2.23 bits per heavy atom. The molecule has 3 rings (SSSR count). The van der Waals surface area contributed by atoms with Gasteiger partial charge in [0.25, 0.3) is 0 Å². The molecular formula is C15H17Cl2N3OS. The Hall–Kier alpha value is -1.14. The van der Waals surface area contributed by atoms with Gasteiger partial charge in [-0.1, -0.05) is 23.7 Å². The van der Waals surface area contributed by atoms with Gasteiger partial charge in [0.1, 0.15) is 0 Å². The van der Waals surface area contributed by atoms with Crippen LogP contribution in [-0.2, 0) is 11.2 Å². The molecule has 1 heterocycles. The predicted molar refractivity (Wildman–Crippen MR) is 93.1 cm³/mol. The van der Waals surface area contributed by atoms with Gasteiger partial charge in [0.05, 0.1) is 5.54 Å². The Bertz CT molecular complexity index is 698. The third-order valence-corrected chi connectivity index (χ3v) is 4.95. The zero-order chi connectivity index (χ0) is 15.0. The number of carbonyl (C=O) groups is 1. The van der Waals surface area contributed by atoms with Crippen molar-refractivity contribution in [1.82, 2.24) is 4.98 Å². The number of benzene rings is 1. The molecule has 4 nitrogen and oxygen atoms in total. The summed E-state index contributed by atoms with van der Waals surface area (Å²) in [6, 6.07) is 6.03. The molecule has 0 saturated heterocycles. The normalized spacial score (nSPS) is 15.0. The number of nitrogens with one attached hydrogen (secondary N) is 1. The summed E-state index contributed by atoms with van der Waals surface area (Å²) in [5.74, 6) is -0.137. The number of carbonyl (C=O) groups excluding carboxylic acids is 1. The van der Waals surface area contributed by atoms with Crippen LogP contribution in [0, 0.1) is 6.92 Å². The van der Waals surface area contributed by atoms with Crippen molar-refractivity contribution in [1.29, 1.82) is 0 Å². The summed E-state index contributed by atoms with van der Waals surface area (Å²) < 4.78 is 0. The summed E-state index contributed by atoms with van der Waals surface area (Å²) in [4.78, 5) is 17.2. The number of rotatable bonds is 4. The van der Waals surface area contributed by atoms with Crippen LogP contribution in [0.4, 0.5) is 5.13 Å². The second-order valence-corrected chi connectivity index (χ2v) is 7.02. The highest BCUT2D eigenvalue weighted by Gasteiger charge is 2.46. The van der Waals surface area contributed by atoms with E-state index >= 15 is 0 Å². The lowest BCUT2D eigenvalue weighted by molar-refractivity contribution is -0.118. The smallest absolute Gasteiger partial charge is 0.246 e. The number of hydrogen-bond acceptors (Lipinski definition) is 4. The number of aryl methyl sites for hydroxylation is 1. The molecular weight excluding hydrogens is 341 g/mol. The number of thiazole rings is 1. The predicted octanol–water partition coefficient (Wildman–Crippen LogP) is 3.55. The Morgan fingerprint density at radius 3 is 2.86 bits per heavy atom. The van der Waals surface area contributed by atoms with Crippen molar-refractivity contribution in [3.05, 3.63) is 45.4 Å². The fraction of sp³-hybridized carbons (Fsp3) is 0.333. The van der Waals surface area contributed by atoms with Gasteiger partial charge in [0.2, 0.25) is 5.91 Å². The third-order valence-electron chi connectivity index (χ3n) is 3.63. The Morgan fingerprint density at radius 1 is 1.50 bits per heavy atom. The lowest BCUT2D eigenvalue weighted by atomic mass is 10.1. The van der Waals surface area contributed by atoms with Crippen LogP contribution in [-0.4, -0.2) is 16.4 Å². The van der Waals surface area contributed by atoms with E-state index in [-0.39, 0.29) is 18.3 Å². The topological polar surface area (TPSA) is 68.0 Å². The summed E-state index contributed by atoms with van der Waals surface area (Å²) in [5.41, 5.74) is 7.37. The minimum atomic E-state index is -0.670. The highest BCUT2D eigenvalue weighted by molar-refractivity contribution is 7.15. The number of aromatic nitrogens is 1. The van der Waals surface area contributed by atoms with E-state index in [0.717, 1.165) is 40.3 Å². The van der Waals surface area contributed by atoms with Crippen LogP contribution in [0.2, 0.25) is 5.02 Å². The standard InChI is InChI=1S/C15H16ClN3OS.ClH/c1-9-2-3-10(7-12(9)16)6-11-8-18-14(21-11)19-13(20)15(17)4-5-15;/h2-3,7-8H,4-6,17H2,1H3,(H,18,19,20);1H. The Balaban J connectivity index is 0.00000176. The van der Waals surface area contributed by atoms with E-state index in [1.54, 1.807) is 6.20 Å². The molecule has 0 unspecified atom stereocenters. The first kappa shape index (κ1) is 17.2. The number of nitrogens with zero attached hydrogens (tertiary/aromatic N) is 1. The van der Waals surface area contributed by atoms with Gasteiger partial charge < -0.3 is 11.1 Å². The third kappa shape index (κ3) is 3.79. The molecule has 0 aliphatic heterocycles. The second-order valence-electron chi connectivity index (χ2n) is 5.50. The Labute approximate surface area is 144 Å². The first-order chi connectivity index (χ1) is 9.96. The lowest BCUT2D eigenvalue weighted by Gasteiger charge is -2.06. The van der Waals surface area contributed by atoms with Gasteiger partial charge in [0.15, 0.2) is 5.13 Å². The van der Waals surface area contributed by atoms with E-state index in [4.69, 9.17) is 17.3 Å². The fourth-order valence-electron chi connectivity index (χ4n) is 1.98. The van der Waals surface area contributed by atoms with Gasteiger partial charge in [-0.2, -0.15) is 0 Å². The Kier molecular flexibility index (Phi) is 5.12. The largest absolute Gasteiger partial charge is 0.317 e. The summed E-state index contributed by atoms with van der Waals surface area (Å²) in [6.07, 6.45) is 4.03. The molecule has 1 aliphatic rings. The molecule has 1 saturated carbocycles. The van der Waals surface area contributed by atoms with Crippen LogP contribution in [0.3, 0.4) is 0 Å². The monoisotopic (exact) mass is 357 g/mol. The molecule has 1 aromatic heterocycles. The maximum atomic E-state index is 11.9. The zero-order valence-electron chi connectivity index (χ0n) is 12.1. The first-order valence-corrected chi connectivity index (χ1v) is 7.96. The molecule has 0 atom stereocenters. The number of hydrogen-bond donors (Lipinski definition) is 2. The molecule has 22 heavy (non-hydrogen) atoms. The van der Waals surface area contributed by atoms with Gasteiger partial charge in [-0.05, 0) is 37.0 Å². The van der Waals surface area contributed by atoms with Crippen LogP contribution in [0.1, 0.15) is 28.8 Å². The van der Waals surface area contributed by atoms with Gasteiger partial charge in [0, 0.05) is 22.5 Å². The average molecular weight is 358 g/mol. The molecule has 3 N–H and O–H groups in total. The number of amides is 1. The summed E-state index contributed by atoms with van der Waals surface area (Å²) in [6.45, 7) is 1.98. The second kappa shape index (κ2) is 6.54. The number of anilines is 1. The molecule has 1 fully saturated rings. The molecule has 0 bridgehead atoms. The summed E-state index contributed by atoms with van der Waals surface area (Å²) >= 11 is 7.60. The summed E-state index contributed by atoms with van der Waals surface area (Å²) in [5, 5.41) is 4.16. The molecule has 0 radical (unpaired) electrons. The van der Waals surface area contributed by atoms with E-state index in [2.05, 4.69) is 16.4 Å². The van der Waals surface area contributed by atoms with Crippen molar-refractivity contribution in [2.45, 2.75) is 31.7 Å². The van der Waals surface area contributed by atoms with Crippen molar-refractivity contribution in [2.24, 2.45) is 5.73 Å². The molecule has 118 valence electrons. The van der Waals surface area contributed by atoms with E-state index in [9.17, 15) is 4.79 Å². The highest BCUT2D eigenvalue weighted by atomic mass is 35.5. The summed E-state index contributed by atoms with van der Waals surface area (Å²) in [7, 11) is 0. The molecule has 1 aromatic carbocycles. The zero-order valence-corrected chi connectivity index (χ0v) is 14.4. The van der Waals surface area contributed by atoms with Crippen LogP contribution < -0.4 is 11.1 Å². The van der Waals surface area contributed by atoms with Crippen molar-refractivity contribution in [3.8, 4) is 0 Å². The molecule has 1 amide bonds. The van der Waals surface area contributed by atoms with Gasteiger partial charge in [-0.3, -0.25) is 4.79 Å². The molecule has 1 aliphatic carbocycles. The van der Waals surface area contributed by atoms with Crippen molar-refractivity contribution in [2.75, 3.05) is 5.32 Å². The molecule has 0 spiro atoms. The van der Waals surface area contributed by atoms with Gasteiger partial charge >= 0.3 is 0 Å². The molecule has 2 aromatic rings. The van der Waals surface area contributed by atoms with Crippen LogP contribution in [0.15, 0.2) is 24.4 Å². The fourth-order valence-corrected chi connectivity index (χ4v) is 3.02. The van der Waals surface area contributed by atoms with Crippen LogP contribution >= 0.6 is 35.3 Å². The van der Waals surface area contributed by atoms with Crippen molar-refractivity contribution in [3.63, 3.8) is 0 Å². The van der Waals surface area contributed by atoms with Gasteiger partial charge in [-0.25, -0.2) is 4.98 Å². The van der Waals surface area contributed by atoms with E-state index in [0.29, 0.717) is 5.13 Å². The molecule has 7 heteroatoms. The number of halogens is 2. The van der Waals surface area contributed by atoms with E-state index in [1.165, 1.54) is 11.3 Å².